The number of benzene rings is 8. The van der Waals surface area contributed by atoms with E-state index < -0.39 is 0 Å². The summed E-state index contributed by atoms with van der Waals surface area (Å²) in [6, 6.07) is 63.9. The predicted molar refractivity (Wildman–Crippen MR) is 200 cm³/mol. The summed E-state index contributed by atoms with van der Waals surface area (Å²) in [4.78, 5) is 2.43. The Hall–Kier alpha value is -5.70. The van der Waals surface area contributed by atoms with Gasteiger partial charge in [0.05, 0.1) is 10.4 Å². The zero-order valence-corrected chi connectivity index (χ0v) is 25.9. The van der Waals surface area contributed by atoms with E-state index in [1.165, 1.54) is 69.7 Å². The topological polar surface area (TPSA) is 3.24 Å². The van der Waals surface area contributed by atoms with Gasteiger partial charge in [-0.15, -0.1) is 11.3 Å². The molecular weight excluding hydrogens is 575 g/mol. The Labute approximate surface area is 272 Å². The third-order valence-corrected chi connectivity index (χ3v) is 10.3. The lowest BCUT2D eigenvalue weighted by Gasteiger charge is -2.27. The first kappa shape index (κ1) is 26.7. The first-order valence-electron chi connectivity index (χ1n) is 15.7. The Morgan fingerprint density at radius 1 is 0.348 bits per heavy atom. The van der Waals surface area contributed by atoms with E-state index in [0.717, 1.165) is 11.4 Å². The summed E-state index contributed by atoms with van der Waals surface area (Å²) in [6.07, 6.45) is 0. The Bertz CT molecular complexity index is 2520. The van der Waals surface area contributed by atoms with Crippen LogP contribution in [-0.2, 0) is 0 Å². The van der Waals surface area contributed by atoms with Crippen molar-refractivity contribution >= 4 is 70.1 Å². The van der Waals surface area contributed by atoms with Gasteiger partial charge in [-0.1, -0.05) is 146 Å². The summed E-state index contributed by atoms with van der Waals surface area (Å²) in [5.74, 6) is 0. The fourth-order valence-electron chi connectivity index (χ4n) is 6.84. The van der Waals surface area contributed by atoms with Gasteiger partial charge in [0.25, 0.3) is 0 Å². The van der Waals surface area contributed by atoms with E-state index in [1.807, 2.05) is 11.3 Å². The van der Waals surface area contributed by atoms with Gasteiger partial charge in [0, 0.05) is 26.8 Å². The van der Waals surface area contributed by atoms with Crippen molar-refractivity contribution in [2.75, 3.05) is 4.90 Å². The van der Waals surface area contributed by atoms with Gasteiger partial charge < -0.3 is 4.90 Å². The van der Waals surface area contributed by atoms with Crippen molar-refractivity contribution in [3.63, 3.8) is 0 Å². The lowest BCUT2D eigenvalue weighted by molar-refractivity contribution is 1.30. The molecule has 0 aliphatic rings. The minimum Gasteiger partial charge on any atom is -0.309 e. The summed E-state index contributed by atoms with van der Waals surface area (Å²) in [5.41, 5.74) is 8.32. The molecule has 0 amide bonds. The fourth-order valence-corrected chi connectivity index (χ4v) is 8.18. The van der Waals surface area contributed by atoms with Crippen LogP contribution in [-0.4, -0.2) is 0 Å². The first-order chi connectivity index (χ1) is 22.8. The van der Waals surface area contributed by atoms with Crippen molar-refractivity contribution in [2.45, 2.75) is 0 Å². The van der Waals surface area contributed by atoms with E-state index in [4.69, 9.17) is 0 Å². The Morgan fingerprint density at radius 2 is 0.957 bits per heavy atom. The molecule has 2 heteroatoms. The van der Waals surface area contributed by atoms with Crippen molar-refractivity contribution in [1.82, 2.24) is 0 Å². The maximum Gasteiger partial charge on any atom is 0.0640 e. The average molecular weight is 604 g/mol. The Kier molecular flexibility index (Phi) is 6.40. The number of nitrogens with zero attached hydrogens (tertiary/aromatic N) is 1. The molecular formula is C44H29NS. The third-order valence-electron chi connectivity index (χ3n) is 9.05. The molecule has 0 saturated heterocycles. The van der Waals surface area contributed by atoms with E-state index >= 15 is 0 Å². The highest BCUT2D eigenvalue weighted by Crippen LogP contribution is 2.47. The van der Waals surface area contributed by atoms with Gasteiger partial charge in [0.15, 0.2) is 0 Å². The molecule has 0 spiro atoms. The van der Waals surface area contributed by atoms with Crippen LogP contribution in [0.1, 0.15) is 0 Å². The summed E-state index contributed by atoms with van der Waals surface area (Å²) in [6.45, 7) is 0. The molecule has 8 aromatic carbocycles. The largest absolute Gasteiger partial charge is 0.309 e. The molecule has 0 bridgehead atoms. The average Bonchev–Trinajstić information content (AvgIpc) is 3.52. The summed E-state index contributed by atoms with van der Waals surface area (Å²) < 4.78 is 2.63. The molecule has 0 aliphatic heterocycles. The van der Waals surface area contributed by atoms with E-state index in [-0.39, 0.29) is 0 Å². The first-order valence-corrected chi connectivity index (χ1v) is 16.5. The number of hydrogen-bond donors (Lipinski definition) is 0. The standard InChI is InChI=1S/C44H29NS/c1-2-11-30(12-3-1)31-23-26-35(27-24-31)45(36-17-8-16-34(29-36)38-20-9-15-32-13-4-6-18-37(32)38)42-22-10-21-40-41-28-25-33-14-5-7-19-39(33)43(41)46-44(40)42/h1-29H. The third kappa shape index (κ3) is 4.46. The second-order valence-electron chi connectivity index (χ2n) is 11.7. The minimum absolute atomic E-state index is 1.13. The van der Waals surface area contributed by atoms with Crippen LogP contribution in [0.4, 0.5) is 17.1 Å². The molecule has 1 aromatic heterocycles. The SMILES string of the molecule is c1ccc(-c2ccc(N(c3cccc(-c4cccc5ccccc45)c3)c3cccc4c3sc3c5ccccc5ccc43)cc2)cc1. The number of hydrogen-bond acceptors (Lipinski definition) is 2. The molecule has 1 nitrogen and oxygen atoms in total. The zero-order valence-electron chi connectivity index (χ0n) is 25.1. The van der Waals surface area contributed by atoms with Crippen LogP contribution in [0.25, 0.3) is 64.0 Å². The van der Waals surface area contributed by atoms with E-state index in [0.29, 0.717) is 0 Å². The van der Waals surface area contributed by atoms with Crippen LogP contribution < -0.4 is 4.90 Å². The maximum atomic E-state index is 2.43. The van der Waals surface area contributed by atoms with Crippen LogP contribution in [0.2, 0.25) is 0 Å². The van der Waals surface area contributed by atoms with Crippen molar-refractivity contribution in [3.05, 3.63) is 176 Å². The Balaban J connectivity index is 1.27. The van der Waals surface area contributed by atoms with Gasteiger partial charge in [-0.2, -0.15) is 0 Å². The second-order valence-corrected chi connectivity index (χ2v) is 12.8. The lowest BCUT2D eigenvalue weighted by atomic mass is 9.97. The molecule has 0 aliphatic carbocycles. The number of rotatable bonds is 5. The van der Waals surface area contributed by atoms with Gasteiger partial charge in [0.1, 0.15) is 0 Å². The van der Waals surface area contributed by atoms with Gasteiger partial charge in [-0.05, 0) is 74.1 Å². The molecule has 9 rings (SSSR count). The van der Waals surface area contributed by atoms with E-state index in [9.17, 15) is 0 Å². The maximum absolute atomic E-state index is 2.43. The molecule has 216 valence electrons. The normalized spacial score (nSPS) is 11.5. The van der Waals surface area contributed by atoms with Gasteiger partial charge >= 0.3 is 0 Å². The van der Waals surface area contributed by atoms with Gasteiger partial charge in [-0.3, -0.25) is 0 Å². The molecule has 0 radical (unpaired) electrons. The summed E-state index contributed by atoms with van der Waals surface area (Å²) in [7, 11) is 0. The monoisotopic (exact) mass is 603 g/mol. The van der Waals surface area contributed by atoms with Crippen LogP contribution >= 0.6 is 11.3 Å². The lowest BCUT2D eigenvalue weighted by Crippen LogP contribution is -2.10. The highest BCUT2D eigenvalue weighted by Gasteiger charge is 2.19. The van der Waals surface area contributed by atoms with Crippen molar-refractivity contribution in [1.29, 1.82) is 0 Å². The molecule has 0 unspecified atom stereocenters. The van der Waals surface area contributed by atoms with Crippen molar-refractivity contribution in [2.24, 2.45) is 0 Å². The molecule has 0 fully saturated rings. The minimum atomic E-state index is 1.13. The van der Waals surface area contributed by atoms with Crippen molar-refractivity contribution in [3.8, 4) is 22.3 Å². The number of fused-ring (bicyclic) bond motifs is 6. The van der Waals surface area contributed by atoms with Crippen LogP contribution in [0.3, 0.4) is 0 Å². The molecule has 0 N–H and O–H groups in total. The molecule has 0 saturated carbocycles. The van der Waals surface area contributed by atoms with Gasteiger partial charge in [-0.25, -0.2) is 0 Å². The Morgan fingerprint density at radius 3 is 1.80 bits per heavy atom. The number of thiophene rings is 1. The van der Waals surface area contributed by atoms with Gasteiger partial charge in [0.2, 0.25) is 0 Å². The highest BCUT2D eigenvalue weighted by molar-refractivity contribution is 7.27. The summed E-state index contributed by atoms with van der Waals surface area (Å²) >= 11 is 1.90. The predicted octanol–water partition coefficient (Wildman–Crippen LogP) is 13.2. The second kappa shape index (κ2) is 11.0. The molecule has 1 heterocycles. The van der Waals surface area contributed by atoms with Crippen molar-refractivity contribution < 1.29 is 0 Å². The van der Waals surface area contributed by atoms with Crippen LogP contribution in [0.15, 0.2) is 176 Å². The quantitative estimate of drug-likeness (QED) is 0.189. The van der Waals surface area contributed by atoms with E-state index in [2.05, 4.69) is 181 Å². The highest BCUT2D eigenvalue weighted by atomic mass is 32.1. The fraction of sp³-hybridized carbons (Fsp3) is 0. The smallest absolute Gasteiger partial charge is 0.0640 e. The van der Waals surface area contributed by atoms with Crippen LogP contribution in [0, 0.1) is 0 Å². The van der Waals surface area contributed by atoms with Crippen LogP contribution in [0.5, 0.6) is 0 Å². The number of anilines is 3. The molecule has 0 atom stereocenters. The molecule has 46 heavy (non-hydrogen) atoms. The van der Waals surface area contributed by atoms with E-state index in [1.54, 1.807) is 0 Å². The zero-order chi connectivity index (χ0) is 30.5. The molecule has 9 aromatic rings. The summed E-state index contributed by atoms with van der Waals surface area (Å²) in [5, 5.41) is 7.70.